The summed E-state index contributed by atoms with van der Waals surface area (Å²) in [6.45, 7) is 11.3. The molecule has 0 saturated heterocycles. The van der Waals surface area contributed by atoms with Crippen molar-refractivity contribution in [2.24, 2.45) is 0 Å². The van der Waals surface area contributed by atoms with Crippen LogP contribution in [0.15, 0.2) is 18.2 Å². The number of rotatable bonds is 0. The summed E-state index contributed by atoms with van der Waals surface area (Å²) in [5.74, 6) is 0.0716. The molecule has 1 N–H and O–H groups in total. The van der Waals surface area contributed by atoms with Crippen molar-refractivity contribution in [2.75, 3.05) is 6.54 Å². The van der Waals surface area contributed by atoms with E-state index in [9.17, 15) is 4.79 Å². The number of carbonyl (C=O) groups excluding carboxylic acids is 1. The number of hydrogen-bond donors (Lipinski definition) is 1. The van der Waals surface area contributed by atoms with Gasteiger partial charge in [-0.3, -0.25) is 4.79 Å². The van der Waals surface area contributed by atoms with Gasteiger partial charge < -0.3 is 5.32 Å². The Bertz CT molecular complexity index is 402. The minimum Gasteiger partial charge on any atom is -0.352 e. The number of carbonyl (C=O) groups is 1. The molecule has 1 aliphatic heterocycles. The average Bonchev–Trinajstić information content (AvgIpc) is 2.30. The monoisotopic (exact) mass is 233 g/mol. The molecule has 0 radical (unpaired) electrons. The molecule has 2 rings (SSSR count). The Kier molecular flexibility index (Phi) is 4.33. The zero-order chi connectivity index (χ0) is 13.1. The van der Waals surface area contributed by atoms with Crippen molar-refractivity contribution >= 4 is 5.91 Å². The zero-order valence-electron chi connectivity index (χ0n) is 11.6. The second kappa shape index (κ2) is 5.35. The lowest BCUT2D eigenvalue weighted by Gasteiger charge is -2.23. The summed E-state index contributed by atoms with van der Waals surface area (Å²) in [6, 6.07) is 6.26. The standard InChI is InChI=1S/C13H17NO.C2H6/c1-13(2,3)10-5-4-9-6-7-14-12(15)11(9)8-10;1-2/h4-5,8H,6-7H2,1-3H3,(H,14,15);1-2H3. The molecule has 1 amide bonds. The van der Waals surface area contributed by atoms with E-state index in [2.05, 4.69) is 38.2 Å². The Morgan fingerprint density at radius 2 is 1.82 bits per heavy atom. The number of amides is 1. The van der Waals surface area contributed by atoms with Crippen LogP contribution < -0.4 is 5.32 Å². The Balaban J connectivity index is 0.000000686. The molecule has 1 heterocycles. The largest absolute Gasteiger partial charge is 0.352 e. The van der Waals surface area contributed by atoms with E-state index in [-0.39, 0.29) is 11.3 Å². The minimum absolute atomic E-state index is 0.0716. The first-order chi connectivity index (χ1) is 7.98. The lowest BCUT2D eigenvalue weighted by atomic mass is 9.84. The molecule has 0 saturated carbocycles. The van der Waals surface area contributed by atoms with Crippen LogP contribution in [0.5, 0.6) is 0 Å². The number of nitrogens with one attached hydrogen (secondary N) is 1. The van der Waals surface area contributed by atoms with Gasteiger partial charge in [0.1, 0.15) is 0 Å². The van der Waals surface area contributed by atoms with Crippen molar-refractivity contribution in [1.82, 2.24) is 5.32 Å². The van der Waals surface area contributed by atoms with Crippen LogP contribution >= 0.6 is 0 Å². The van der Waals surface area contributed by atoms with Gasteiger partial charge in [-0.2, -0.15) is 0 Å². The van der Waals surface area contributed by atoms with Gasteiger partial charge in [-0.05, 0) is 29.0 Å². The summed E-state index contributed by atoms with van der Waals surface area (Å²) < 4.78 is 0. The molecule has 17 heavy (non-hydrogen) atoms. The molecule has 2 heteroatoms. The first kappa shape index (κ1) is 13.8. The highest BCUT2D eigenvalue weighted by molar-refractivity contribution is 5.96. The maximum atomic E-state index is 11.7. The van der Waals surface area contributed by atoms with E-state index in [0.29, 0.717) is 0 Å². The second-order valence-electron chi connectivity index (χ2n) is 5.13. The fourth-order valence-corrected chi connectivity index (χ4v) is 1.88. The molecule has 1 aromatic rings. The molecule has 0 atom stereocenters. The molecule has 0 aliphatic carbocycles. The lowest BCUT2D eigenvalue weighted by molar-refractivity contribution is 0.0946. The highest BCUT2D eigenvalue weighted by Gasteiger charge is 2.20. The molecular formula is C15H23NO. The first-order valence-electron chi connectivity index (χ1n) is 6.40. The van der Waals surface area contributed by atoms with E-state index < -0.39 is 0 Å². The van der Waals surface area contributed by atoms with E-state index in [1.165, 1.54) is 11.1 Å². The van der Waals surface area contributed by atoms with Gasteiger partial charge in [-0.1, -0.05) is 46.8 Å². The molecule has 0 fully saturated rings. The van der Waals surface area contributed by atoms with Gasteiger partial charge in [0.05, 0.1) is 0 Å². The van der Waals surface area contributed by atoms with Gasteiger partial charge >= 0.3 is 0 Å². The highest BCUT2D eigenvalue weighted by Crippen LogP contribution is 2.25. The Morgan fingerprint density at radius 3 is 2.41 bits per heavy atom. The van der Waals surface area contributed by atoms with Gasteiger partial charge in [0.25, 0.3) is 5.91 Å². The minimum atomic E-state index is 0.0716. The Labute approximate surface area is 104 Å². The SMILES string of the molecule is CC.CC(C)(C)c1ccc2c(c1)C(=O)NCC2. The van der Waals surface area contributed by atoms with E-state index >= 15 is 0 Å². The predicted octanol–water partition coefficient (Wildman–Crippen LogP) is 3.30. The molecule has 94 valence electrons. The fraction of sp³-hybridized carbons (Fsp3) is 0.533. The third-order valence-electron chi connectivity index (χ3n) is 2.90. The van der Waals surface area contributed by atoms with Gasteiger partial charge in [0.2, 0.25) is 0 Å². The Hall–Kier alpha value is -1.31. The van der Waals surface area contributed by atoms with Crippen LogP contribution in [0, 0.1) is 0 Å². The average molecular weight is 233 g/mol. The summed E-state index contributed by atoms with van der Waals surface area (Å²) >= 11 is 0. The summed E-state index contributed by atoms with van der Waals surface area (Å²) in [7, 11) is 0. The zero-order valence-corrected chi connectivity index (χ0v) is 11.6. The highest BCUT2D eigenvalue weighted by atomic mass is 16.1. The second-order valence-corrected chi connectivity index (χ2v) is 5.13. The maximum Gasteiger partial charge on any atom is 0.251 e. The Morgan fingerprint density at radius 1 is 1.18 bits per heavy atom. The summed E-state index contributed by atoms with van der Waals surface area (Å²) in [4.78, 5) is 11.7. The first-order valence-corrected chi connectivity index (χ1v) is 6.40. The quantitative estimate of drug-likeness (QED) is 0.732. The molecule has 1 aliphatic rings. The summed E-state index contributed by atoms with van der Waals surface area (Å²) in [6.07, 6.45) is 0.950. The molecule has 1 aromatic carbocycles. The van der Waals surface area contributed by atoms with Crippen LogP contribution in [0.3, 0.4) is 0 Å². The van der Waals surface area contributed by atoms with Crippen LogP contribution in [0.2, 0.25) is 0 Å². The molecule has 0 unspecified atom stereocenters. The summed E-state index contributed by atoms with van der Waals surface area (Å²) in [5.41, 5.74) is 3.35. The van der Waals surface area contributed by atoms with Crippen molar-refractivity contribution in [2.45, 2.75) is 46.5 Å². The third kappa shape index (κ3) is 3.09. The number of benzene rings is 1. The van der Waals surface area contributed by atoms with Gasteiger partial charge in [0, 0.05) is 12.1 Å². The van der Waals surface area contributed by atoms with E-state index in [1.54, 1.807) is 0 Å². The van der Waals surface area contributed by atoms with Crippen LogP contribution in [-0.4, -0.2) is 12.5 Å². The van der Waals surface area contributed by atoms with E-state index in [0.717, 1.165) is 18.5 Å². The van der Waals surface area contributed by atoms with Gasteiger partial charge in [-0.15, -0.1) is 0 Å². The molecule has 2 nitrogen and oxygen atoms in total. The third-order valence-corrected chi connectivity index (χ3v) is 2.90. The smallest absolute Gasteiger partial charge is 0.251 e. The molecule has 0 aromatic heterocycles. The number of hydrogen-bond acceptors (Lipinski definition) is 1. The fourth-order valence-electron chi connectivity index (χ4n) is 1.88. The van der Waals surface area contributed by atoms with Crippen LogP contribution in [0.4, 0.5) is 0 Å². The van der Waals surface area contributed by atoms with Crippen molar-refractivity contribution in [3.8, 4) is 0 Å². The molecule has 0 spiro atoms. The van der Waals surface area contributed by atoms with E-state index in [4.69, 9.17) is 0 Å². The lowest BCUT2D eigenvalue weighted by Crippen LogP contribution is -2.32. The number of fused-ring (bicyclic) bond motifs is 1. The molecular weight excluding hydrogens is 210 g/mol. The van der Waals surface area contributed by atoms with Crippen LogP contribution in [-0.2, 0) is 11.8 Å². The van der Waals surface area contributed by atoms with Gasteiger partial charge in [-0.25, -0.2) is 0 Å². The van der Waals surface area contributed by atoms with Crippen molar-refractivity contribution < 1.29 is 4.79 Å². The van der Waals surface area contributed by atoms with Crippen molar-refractivity contribution in [3.63, 3.8) is 0 Å². The van der Waals surface area contributed by atoms with Crippen LogP contribution in [0.25, 0.3) is 0 Å². The van der Waals surface area contributed by atoms with Crippen LogP contribution in [0.1, 0.15) is 56.1 Å². The summed E-state index contributed by atoms with van der Waals surface area (Å²) in [5, 5.41) is 2.88. The predicted molar refractivity (Wildman–Crippen MR) is 72.5 cm³/mol. The van der Waals surface area contributed by atoms with Gasteiger partial charge in [0.15, 0.2) is 0 Å². The molecule has 0 bridgehead atoms. The van der Waals surface area contributed by atoms with E-state index in [1.807, 2.05) is 19.9 Å². The maximum absolute atomic E-state index is 11.7. The van der Waals surface area contributed by atoms with Crippen molar-refractivity contribution in [1.29, 1.82) is 0 Å². The van der Waals surface area contributed by atoms with Crippen molar-refractivity contribution in [3.05, 3.63) is 34.9 Å². The topological polar surface area (TPSA) is 29.1 Å². The normalized spacial score (nSPS) is 14.3.